The van der Waals surface area contributed by atoms with Gasteiger partial charge in [0.1, 0.15) is 5.75 Å². The number of carbonyl (C=O) groups excluding carboxylic acids is 1. The van der Waals surface area contributed by atoms with Gasteiger partial charge in [0.25, 0.3) is 5.91 Å². The molecule has 0 saturated heterocycles. The lowest BCUT2D eigenvalue weighted by molar-refractivity contribution is -0.138. The SMILES string of the molecule is CCC(Oc1ccc(C)c(C)c1)C(=O)N(C)Cc1ccc(Cl)cc1. The number of rotatable bonds is 6. The molecule has 1 amide bonds. The third-order valence-electron chi connectivity index (χ3n) is 4.11. The molecule has 4 heteroatoms. The van der Waals surface area contributed by atoms with Crippen molar-refractivity contribution in [2.75, 3.05) is 7.05 Å². The first-order valence-electron chi connectivity index (χ1n) is 8.14. The van der Waals surface area contributed by atoms with Crippen LogP contribution in [0.1, 0.15) is 30.0 Å². The molecule has 0 aliphatic carbocycles. The zero-order valence-corrected chi connectivity index (χ0v) is 15.4. The van der Waals surface area contributed by atoms with Crippen LogP contribution in [0.15, 0.2) is 42.5 Å². The minimum Gasteiger partial charge on any atom is -0.481 e. The van der Waals surface area contributed by atoms with Gasteiger partial charge >= 0.3 is 0 Å². The Bertz CT molecular complexity index is 697. The molecule has 1 unspecified atom stereocenters. The number of hydrogen-bond donors (Lipinski definition) is 0. The Labute approximate surface area is 149 Å². The van der Waals surface area contributed by atoms with Crippen LogP contribution in [0.5, 0.6) is 5.75 Å². The molecule has 3 nitrogen and oxygen atoms in total. The molecule has 0 N–H and O–H groups in total. The van der Waals surface area contributed by atoms with Gasteiger partial charge in [-0.3, -0.25) is 4.79 Å². The molecule has 0 fully saturated rings. The van der Waals surface area contributed by atoms with Crippen LogP contribution in [-0.2, 0) is 11.3 Å². The summed E-state index contributed by atoms with van der Waals surface area (Å²) >= 11 is 5.90. The number of halogens is 1. The summed E-state index contributed by atoms with van der Waals surface area (Å²) < 4.78 is 5.93. The van der Waals surface area contributed by atoms with Gasteiger partial charge in [0.2, 0.25) is 0 Å². The summed E-state index contributed by atoms with van der Waals surface area (Å²) in [5.74, 6) is 0.712. The van der Waals surface area contributed by atoms with E-state index >= 15 is 0 Å². The van der Waals surface area contributed by atoms with Crippen molar-refractivity contribution >= 4 is 17.5 Å². The van der Waals surface area contributed by atoms with Crippen LogP contribution in [0.25, 0.3) is 0 Å². The van der Waals surface area contributed by atoms with Crippen molar-refractivity contribution in [3.05, 3.63) is 64.2 Å². The average Bonchev–Trinajstić information content (AvgIpc) is 2.57. The second kappa shape index (κ2) is 8.20. The molecule has 0 saturated carbocycles. The molecule has 24 heavy (non-hydrogen) atoms. The third-order valence-corrected chi connectivity index (χ3v) is 4.36. The van der Waals surface area contributed by atoms with E-state index in [4.69, 9.17) is 16.3 Å². The lowest BCUT2D eigenvalue weighted by Crippen LogP contribution is -2.39. The molecule has 1 atom stereocenters. The van der Waals surface area contributed by atoms with Crippen molar-refractivity contribution in [2.45, 2.75) is 39.8 Å². The highest BCUT2D eigenvalue weighted by molar-refractivity contribution is 6.30. The van der Waals surface area contributed by atoms with Crippen molar-refractivity contribution in [2.24, 2.45) is 0 Å². The maximum absolute atomic E-state index is 12.7. The molecule has 0 radical (unpaired) electrons. The van der Waals surface area contributed by atoms with Gasteiger partial charge in [0.15, 0.2) is 6.10 Å². The minimum atomic E-state index is -0.482. The molecular weight excluding hydrogens is 322 g/mol. The largest absolute Gasteiger partial charge is 0.481 e. The maximum Gasteiger partial charge on any atom is 0.263 e. The fourth-order valence-electron chi connectivity index (χ4n) is 2.45. The van der Waals surface area contributed by atoms with E-state index in [2.05, 4.69) is 6.92 Å². The highest BCUT2D eigenvalue weighted by Crippen LogP contribution is 2.19. The quantitative estimate of drug-likeness (QED) is 0.754. The topological polar surface area (TPSA) is 29.5 Å². The van der Waals surface area contributed by atoms with Gasteiger partial charge in [0, 0.05) is 18.6 Å². The van der Waals surface area contributed by atoms with E-state index in [1.807, 2.05) is 56.3 Å². The summed E-state index contributed by atoms with van der Waals surface area (Å²) in [6, 6.07) is 13.4. The second-order valence-electron chi connectivity index (χ2n) is 6.08. The van der Waals surface area contributed by atoms with E-state index in [0.717, 1.165) is 16.9 Å². The summed E-state index contributed by atoms with van der Waals surface area (Å²) in [5, 5.41) is 0.692. The smallest absolute Gasteiger partial charge is 0.263 e. The van der Waals surface area contributed by atoms with Gasteiger partial charge in [-0.1, -0.05) is 36.7 Å². The first-order valence-corrected chi connectivity index (χ1v) is 8.51. The number of hydrogen-bond acceptors (Lipinski definition) is 2. The first-order chi connectivity index (χ1) is 11.4. The summed E-state index contributed by atoms with van der Waals surface area (Å²) in [6.07, 6.45) is 0.140. The number of carbonyl (C=O) groups is 1. The van der Waals surface area contributed by atoms with Crippen LogP contribution in [0, 0.1) is 13.8 Å². The predicted molar refractivity (Wildman–Crippen MR) is 98.5 cm³/mol. The van der Waals surface area contributed by atoms with E-state index < -0.39 is 6.10 Å². The molecule has 0 bridgehead atoms. The molecule has 0 spiro atoms. The Morgan fingerprint density at radius 1 is 1.12 bits per heavy atom. The molecule has 0 aromatic heterocycles. The van der Waals surface area contributed by atoms with Gasteiger partial charge in [0.05, 0.1) is 0 Å². The van der Waals surface area contributed by atoms with Crippen LogP contribution in [-0.4, -0.2) is 24.0 Å². The number of aryl methyl sites for hydroxylation is 2. The normalized spacial score (nSPS) is 11.9. The van der Waals surface area contributed by atoms with E-state index in [9.17, 15) is 4.79 Å². The Kier molecular flexibility index (Phi) is 6.27. The summed E-state index contributed by atoms with van der Waals surface area (Å²) in [6.45, 7) is 6.58. The predicted octanol–water partition coefficient (Wildman–Crippen LogP) is 4.77. The van der Waals surface area contributed by atoms with Crippen molar-refractivity contribution < 1.29 is 9.53 Å². The van der Waals surface area contributed by atoms with Gasteiger partial charge < -0.3 is 9.64 Å². The Morgan fingerprint density at radius 2 is 1.79 bits per heavy atom. The number of ether oxygens (including phenoxy) is 1. The Balaban J connectivity index is 2.04. The highest BCUT2D eigenvalue weighted by Gasteiger charge is 2.22. The Morgan fingerprint density at radius 3 is 2.38 bits per heavy atom. The lowest BCUT2D eigenvalue weighted by Gasteiger charge is -2.24. The summed E-state index contributed by atoms with van der Waals surface area (Å²) in [5.41, 5.74) is 3.40. The molecular formula is C20H24ClNO2. The zero-order chi connectivity index (χ0) is 17.7. The Hall–Kier alpha value is -2.00. The summed E-state index contributed by atoms with van der Waals surface area (Å²) in [7, 11) is 1.79. The third kappa shape index (κ3) is 4.75. The van der Waals surface area contributed by atoms with Crippen LogP contribution in [0.4, 0.5) is 0 Å². The van der Waals surface area contributed by atoms with Gasteiger partial charge in [-0.2, -0.15) is 0 Å². The monoisotopic (exact) mass is 345 g/mol. The van der Waals surface area contributed by atoms with E-state index in [0.29, 0.717) is 18.0 Å². The minimum absolute atomic E-state index is 0.0225. The molecule has 2 aromatic rings. The number of amides is 1. The van der Waals surface area contributed by atoms with Crippen molar-refractivity contribution in [3.63, 3.8) is 0 Å². The van der Waals surface area contributed by atoms with Gasteiger partial charge in [-0.15, -0.1) is 0 Å². The summed E-state index contributed by atoms with van der Waals surface area (Å²) in [4.78, 5) is 14.4. The lowest BCUT2D eigenvalue weighted by atomic mass is 10.1. The number of benzene rings is 2. The fourth-order valence-corrected chi connectivity index (χ4v) is 2.57. The van der Waals surface area contributed by atoms with Crippen LogP contribution in [0.2, 0.25) is 5.02 Å². The molecule has 0 heterocycles. The van der Waals surface area contributed by atoms with Crippen LogP contribution >= 0.6 is 11.6 Å². The van der Waals surface area contributed by atoms with Gasteiger partial charge in [-0.25, -0.2) is 0 Å². The van der Waals surface area contributed by atoms with Crippen LogP contribution in [0.3, 0.4) is 0 Å². The zero-order valence-electron chi connectivity index (χ0n) is 14.7. The fraction of sp³-hybridized carbons (Fsp3) is 0.350. The highest BCUT2D eigenvalue weighted by atomic mass is 35.5. The number of nitrogens with zero attached hydrogens (tertiary/aromatic N) is 1. The average molecular weight is 346 g/mol. The molecule has 2 aromatic carbocycles. The van der Waals surface area contributed by atoms with Crippen molar-refractivity contribution in [1.29, 1.82) is 0 Å². The van der Waals surface area contributed by atoms with Crippen molar-refractivity contribution in [1.82, 2.24) is 4.90 Å². The molecule has 0 aliphatic heterocycles. The van der Waals surface area contributed by atoms with Crippen molar-refractivity contribution in [3.8, 4) is 5.75 Å². The molecule has 2 rings (SSSR count). The van der Waals surface area contributed by atoms with E-state index in [1.54, 1.807) is 11.9 Å². The van der Waals surface area contributed by atoms with E-state index in [1.165, 1.54) is 5.56 Å². The first kappa shape index (κ1) is 18.3. The van der Waals surface area contributed by atoms with Gasteiger partial charge in [-0.05, 0) is 61.2 Å². The molecule has 128 valence electrons. The van der Waals surface area contributed by atoms with E-state index in [-0.39, 0.29) is 5.91 Å². The molecule has 0 aliphatic rings. The van der Waals surface area contributed by atoms with Crippen LogP contribution < -0.4 is 4.74 Å². The number of likely N-dealkylation sites (N-methyl/N-ethyl adjacent to an activating group) is 1. The standard InChI is InChI=1S/C20H24ClNO2/c1-5-19(24-18-11-6-14(2)15(3)12-18)20(23)22(4)13-16-7-9-17(21)10-8-16/h6-12,19H,5,13H2,1-4H3. The second-order valence-corrected chi connectivity index (χ2v) is 6.52. The maximum atomic E-state index is 12.7.